The quantitative estimate of drug-likeness (QED) is 0.573. The predicted molar refractivity (Wildman–Crippen MR) is 116 cm³/mol. The Hall–Kier alpha value is -3.42. The van der Waals surface area contributed by atoms with E-state index in [9.17, 15) is 9.59 Å². The lowest BCUT2D eigenvalue weighted by molar-refractivity contribution is -0.147. The van der Waals surface area contributed by atoms with E-state index in [1.54, 1.807) is 27.4 Å². The number of carbonyl (C=O) groups excluding carboxylic acids is 2. The van der Waals surface area contributed by atoms with Crippen LogP contribution in [0.1, 0.15) is 34.9 Å². The molecule has 172 valence electrons. The summed E-state index contributed by atoms with van der Waals surface area (Å²) in [5, 5.41) is 0. The van der Waals surface area contributed by atoms with Crippen LogP contribution in [0.3, 0.4) is 0 Å². The molecule has 0 fully saturated rings. The standard InChI is InChI=1S/C24H28O8/c1-27-17-8-7-13(9-18(17)28-2)22-15-11-20(30-4)19(29-3)10-14(15)16(12-21(25)31-5)23(22)24(26)32-6/h7-11,16,22-23H,12H2,1-6H3/t16-,22+,23+/m0/s1. The molecule has 0 spiro atoms. The summed E-state index contributed by atoms with van der Waals surface area (Å²) in [6, 6.07) is 9.17. The third kappa shape index (κ3) is 4.04. The van der Waals surface area contributed by atoms with Crippen LogP contribution < -0.4 is 18.9 Å². The molecule has 8 heteroatoms. The molecule has 0 amide bonds. The van der Waals surface area contributed by atoms with Crippen LogP contribution in [0.2, 0.25) is 0 Å². The van der Waals surface area contributed by atoms with Gasteiger partial charge in [-0.1, -0.05) is 6.07 Å². The summed E-state index contributed by atoms with van der Waals surface area (Å²) < 4.78 is 31.9. The van der Waals surface area contributed by atoms with Crippen molar-refractivity contribution in [2.45, 2.75) is 18.3 Å². The normalized spacial score (nSPS) is 19.0. The number of fused-ring (bicyclic) bond motifs is 1. The first-order valence-corrected chi connectivity index (χ1v) is 10.1. The number of hydrogen-bond acceptors (Lipinski definition) is 8. The van der Waals surface area contributed by atoms with Crippen molar-refractivity contribution in [3.63, 3.8) is 0 Å². The second-order valence-corrected chi connectivity index (χ2v) is 7.36. The molecular formula is C24H28O8. The van der Waals surface area contributed by atoms with Crippen molar-refractivity contribution in [2.75, 3.05) is 42.7 Å². The summed E-state index contributed by atoms with van der Waals surface area (Å²) in [4.78, 5) is 25.3. The molecule has 3 rings (SSSR count). The topological polar surface area (TPSA) is 89.5 Å². The molecule has 1 aliphatic carbocycles. The van der Waals surface area contributed by atoms with Gasteiger partial charge in [-0.25, -0.2) is 0 Å². The van der Waals surface area contributed by atoms with Gasteiger partial charge in [0.2, 0.25) is 0 Å². The van der Waals surface area contributed by atoms with Gasteiger partial charge < -0.3 is 28.4 Å². The Balaban J connectivity index is 2.26. The maximum absolute atomic E-state index is 13.0. The average molecular weight is 444 g/mol. The van der Waals surface area contributed by atoms with E-state index in [0.717, 1.165) is 16.7 Å². The summed E-state index contributed by atoms with van der Waals surface area (Å²) >= 11 is 0. The molecule has 0 bridgehead atoms. The first-order chi connectivity index (χ1) is 15.4. The fourth-order valence-electron chi connectivity index (χ4n) is 4.49. The van der Waals surface area contributed by atoms with Gasteiger partial charge in [0.25, 0.3) is 0 Å². The van der Waals surface area contributed by atoms with Crippen LogP contribution in [0, 0.1) is 5.92 Å². The predicted octanol–water partition coefficient (Wildman–Crippen LogP) is 3.30. The lowest BCUT2D eigenvalue weighted by atomic mass is 9.81. The van der Waals surface area contributed by atoms with Gasteiger partial charge in [-0.05, 0) is 41.0 Å². The zero-order chi connectivity index (χ0) is 23.4. The zero-order valence-corrected chi connectivity index (χ0v) is 19.1. The van der Waals surface area contributed by atoms with Crippen LogP contribution in [0.15, 0.2) is 30.3 Å². The summed E-state index contributed by atoms with van der Waals surface area (Å²) in [6.07, 6.45) is 0.0164. The molecule has 0 saturated heterocycles. The van der Waals surface area contributed by atoms with Crippen LogP contribution in [-0.4, -0.2) is 54.6 Å². The molecule has 32 heavy (non-hydrogen) atoms. The number of ether oxygens (including phenoxy) is 6. The van der Waals surface area contributed by atoms with Crippen molar-refractivity contribution in [1.82, 2.24) is 0 Å². The van der Waals surface area contributed by atoms with Crippen LogP contribution in [0.5, 0.6) is 23.0 Å². The SMILES string of the molecule is COC(=O)C[C@H]1c2cc(OC)c(OC)cc2[C@@H](c2ccc(OC)c(OC)c2)[C@@H]1C(=O)OC. The van der Waals surface area contributed by atoms with E-state index in [1.165, 1.54) is 21.3 Å². The van der Waals surface area contributed by atoms with Gasteiger partial charge in [0.15, 0.2) is 23.0 Å². The molecule has 0 aromatic heterocycles. The first kappa shape index (κ1) is 23.2. The first-order valence-electron chi connectivity index (χ1n) is 10.1. The fourth-order valence-corrected chi connectivity index (χ4v) is 4.49. The van der Waals surface area contributed by atoms with E-state index in [2.05, 4.69) is 0 Å². The fraction of sp³-hybridized carbons (Fsp3) is 0.417. The average Bonchev–Trinajstić information content (AvgIpc) is 3.14. The molecule has 0 N–H and O–H groups in total. The van der Waals surface area contributed by atoms with Crippen molar-refractivity contribution >= 4 is 11.9 Å². The summed E-state index contributed by atoms with van der Waals surface area (Å²) in [6.45, 7) is 0. The Morgan fingerprint density at radius 2 is 1.28 bits per heavy atom. The number of benzene rings is 2. The highest BCUT2D eigenvalue weighted by molar-refractivity contribution is 5.81. The molecule has 0 heterocycles. The Kier molecular flexibility index (Phi) is 7.12. The Bertz CT molecular complexity index is 1000. The lowest BCUT2D eigenvalue weighted by Gasteiger charge is -2.24. The van der Waals surface area contributed by atoms with Crippen LogP contribution in [0.4, 0.5) is 0 Å². The highest BCUT2D eigenvalue weighted by Gasteiger charge is 2.48. The second kappa shape index (κ2) is 9.80. The smallest absolute Gasteiger partial charge is 0.310 e. The van der Waals surface area contributed by atoms with Crippen LogP contribution in [-0.2, 0) is 19.1 Å². The third-order valence-electron chi connectivity index (χ3n) is 5.97. The maximum atomic E-state index is 13.0. The molecule has 0 radical (unpaired) electrons. The molecule has 0 saturated carbocycles. The van der Waals surface area contributed by atoms with E-state index in [1.807, 2.05) is 24.3 Å². The zero-order valence-electron chi connectivity index (χ0n) is 19.1. The minimum Gasteiger partial charge on any atom is -0.493 e. The van der Waals surface area contributed by atoms with E-state index in [-0.39, 0.29) is 6.42 Å². The van der Waals surface area contributed by atoms with Crippen molar-refractivity contribution in [3.8, 4) is 23.0 Å². The summed E-state index contributed by atoms with van der Waals surface area (Å²) in [7, 11) is 8.87. The van der Waals surface area contributed by atoms with Crippen molar-refractivity contribution in [3.05, 3.63) is 47.0 Å². The number of hydrogen-bond donors (Lipinski definition) is 0. The summed E-state index contributed by atoms with van der Waals surface area (Å²) in [5.74, 6) is -0.240. The maximum Gasteiger partial charge on any atom is 0.310 e. The van der Waals surface area contributed by atoms with Gasteiger partial charge in [0.05, 0.1) is 55.0 Å². The highest BCUT2D eigenvalue weighted by atomic mass is 16.5. The Morgan fingerprint density at radius 3 is 1.81 bits per heavy atom. The van der Waals surface area contributed by atoms with Crippen molar-refractivity contribution < 1.29 is 38.0 Å². The summed E-state index contributed by atoms with van der Waals surface area (Å²) in [5.41, 5.74) is 2.47. The van der Waals surface area contributed by atoms with Gasteiger partial charge in [-0.15, -0.1) is 0 Å². The molecule has 1 aliphatic rings. The van der Waals surface area contributed by atoms with Crippen LogP contribution in [0.25, 0.3) is 0 Å². The van der Waals surface area contributed by atoms with Gasteiger partial charge in [0, 0.05) is 11.8 Å². The minimum atomic E-state index is -0.663. The van der Waals surface area contributed by atoms with Crippen molar-refractivity contribution in [2.24, 2.45) is 5.92 Å². The Morgan fingerprint density at radius 1 is 0.719 bits per heavy atom. The van der Waals surface area contributed by atoms with E-state index < -0.39 is 29.7 Å². The molecule has 2 aromatic carbocycles. The molecule has 3 atom stereocenters. The monoisotopic (exact) mass is 444 g/mol. The lowest BCUT2D eigenvalue weighted by Crippen LogP contribution is -2.26. The minimum absolute atomic E-state index is 0.0164. The highest BCUT2D eigenvalue weighted by Crippen LogP contribution is 2.55. The van der Waals surface area contributed by atoms with E-state index in [4.69, 9.17) is 28.4 Å². The van der Waals surface area contributed by atoms with Crippen molar-refractivity contribution in [1.29, 1.82) is 0 Å². The van der Waals surface area contributed by atoms with Gasteiger partial charge in [-0.3, -0.25) is 9.59 Å². The number of esters is 2. The largest absolute Gasteiger partial charge is 0.493 e. The molecule has 2 aromatic rings. The number of rotatable bonds is 8. The van der Waals surface area contributed by atoms with Crippen LogP contribution >= 0.6 is 0 Å². The Labute approximate surface area is 187 Å². The number of carbonyl (C=O) groups is 2. The molecule has 0 aliphatic heterocycles. The molecule has 8 nitrogen and oxygen atoms in total. The molecular weight excluding hydrogens is 416 g/mol. The third-order valence-corrected chi connectivity index (χ3v) is 5.97. The van der Waals surface area contributed by atoms with Gasteiger partial charge in [-0.2, -0.15) is 0 Å². The van der Waals surface area contributed by atoms with E-state index >= 15 is 0 Å². The second-order valence-electron chi connectivity index (χ2n) is 7.36. The molecule has 0 unspecified atom stereocenters. The number of methoxy groups -OCH3 is 6. The van der Waals surface area contributed by atoms with Gasteiger partial charge in [0.1, 0.15) is 0 Å². The van der Waals surface area contributed by atoms with E-state index in [0.29, 0.717) is 23.0 Å². The van der Waals surface area contributed by atoms with Gasteiger partial charge >= 0.3 is 11.9 Å².